The van der Waals surface area contributed by atoms with Gasteiger partial charge in [0.2, 0.25) is 0 Å². The molecule has 2 amide bonds. The molecule has 0 bridgehead atoms. The van der Waals surface area contributed by atoms with Crippen LogP contribution in [0.3, 0.4) is 0 Å². The summed E-state index contributed by atoms with van der Waals surface area (Å²) in [5, 5.41) is 2.45. The number of halogens is 1. The average molecular weight is 245 g/mol. The van der Waals surface area contributed by atoms with Crippen LogP contribution in [0.25, 0.3) is 0 Å². The van der Waals surface area contributed by atoms with E-state index in [0.29, 0.717) is 11.4 Å². The van der Waals surface area contributed by atoms with Gasteiger partial charge in [0.05, 0.1) is 7.11 Å². The largest absolute Gasteiger partial charge is 0.497 e. The predicted molar refractivity (Wildman–Crippen MR) is 53.9 cm³/mol. The fourth-order valence-corrected chi connectivity index (χ4v) is 1.37. The van der Waals surface area contributed by atoms with Crippen LogP contribution in [0.5, 0.6) is 5.75 Å². The molecule has 0 heterocycles. The number of ether oxygens (including phenoxy) is 1. The van der Waals surface area contributed by atoms with Crippen molar-refractivity contribution >= 4 is 27.6 Å². The van der Waals surface area contributed by atoms with Crippen LogP contribution in [0, 0.1) is 0 Å². The van der Waals surface area contributed by atoms with Gasteiger partial charge in [-0.3, -0.25) is 0 Å². The second-order valence-electron chi connectivity index (χ2n) is 2.37. The minimum Gasteiger partial charge on any atom is -0.497 e. The number of methoxy groups -OCH3 is 1. The summed E-state index contributed by atoms with van der Waals surface area (Å²) in [5.41, 5.74) is 5.56. The summed E-state index contributed by atoms with van der Waals surface area (Å²) in [6, 6.07) is 4.59. The van der Waals surface area contributed by atoms with Crippen molar-refractivity contribution in [3.8, 4) is 5.75 Å². The highest BCUT2D eigenvalue weighted by molar-refractivity contribution is 9.10. The first-order chi connectivity index (χ1) is 6.11. The van der Waals surface area contributed by atoms with Gasteiger partial charge in [0.1, 0.15) is 5.75 Å². The summed E-state index contributed by atoms with van der Waals surface area (Å²) in [5.74, 6) is 0.651. The first kappa shape index (κ1) is 9.85. The molecule has 1 aromatic rings. The van der Waals surface area contributed by atoms with Gasteiger partial charge in [-0.2, -0.15) is 0 Å². The summed E-state index contributed by atoms with van der Waals surface area (Å²) in [6.07, 6.45) is 0. The van der Waals surface area contributed by atoms with Crippen molar-refractivity contribution in [2.24, 2.45) is 5.73 Å². The quantitative estimate of drug-likeness (QED) is 0.836. The van der Waals surface area contributed by atoms with E-state index in [9.17, 15) is 4.79 Å². The fraction of sp³-hybridized carbons (Fsp3) is 0.125. The smallest absolute Gasteiger partial charge is 0.316 e. The molecule has 0 unspecified atom stereocenters. The Morgan fingerprint density at radius 1 is 1.54 bits per heavy atom. The molecule has 0 radical (unpaired) electrons. The molecule has 4 nitrogen and oxygen atoms in total. The molecule has 0 spiro atoms. The third-order valence-corrected chi connectivity index (χ3v) is 1.83. The van der Waals surface area contributed by atoms with Crippen LogP contribution in [0.1, 0.15) is 0 Å². The second-order valence-corrected chi connectivity index (χ2v) is 3.28. The summed E-state index contributed by atoms with van der Waals surface area (Å²) in [6.45, 7) is 0. The van der Waals surface area contributed by atoms with Crippen LogP contribution < -0.4 is 15.8 Å². The van der Waals surface area contributed by atoms with E-state index in [1.807, 2.05) is 0 Å². The molecule has 0 aromatic heterocycles. The number of rotatable bonds is 2. The lowest BCUT2D eigenvalue weighted by Crippen LogP contribution is -2.19. The Labute approximate surface area is 84.2 Å². The molecule has 0 atom stereocenters. The van der Waals surface area contributed by atoms with Gasteiger partial charge in [0, 0.05) is 16.2 Å². The number of carbonyl (C=O) groups is 1. The van der Waals surface area contributed by atoms with Crippen molar-refractivity contribution in [1.82, 2.24) is 0 Å². The third kappa shape index (κ3) is 2.95. The molecule has 1 aromatic carbocycles. The third-order valence-electron chi connectivity index (χ3n) is 1.37. The highest BCUT2D eigenvalue weighted by Gasteiger charge is 2.00. The van der Waals surface area contributed by atoms with Crippen LogP contribution in [0.2, 0.25) is 0 Å². The summed E-state index contributed by atoms with van der Waals surface area (Å²) in [4.78, 5) is 10.5. The van der Waals surface area contributed by atoms with Crippen molar-refractivity contribution in [3.05, 3.63) is 22.7 Å². The van der Waals surface area contributed by atoms with Gasteiger partial charge < -0.3 is 15.8 Å². The molecule has 5 heteroatoms. The van der Waals surface area contributed by atoms with Gasteiger partial charge in [0.15, 0.2) is 0 Å². The van der Waals surface area contributed by atoms with E-state index in [1.54, 1.807) is 25.3 Å². The lowest BCUT2D eigenvalue weighted by Gasteiger charge is -2.05. The maximum absolute atomic E-state index is 10.5. The molecular formula is C8H9BrN2O2. The lowest BCUT2D eigenvalue weighted by atomic mass is 10.3. The number of urea groups is 1. The molecular weight excluding hydrogens is 236 g/mol. The highest BCUT2D eigenvalue weighted by Crippen LogP contribution is 2.24. The van der Waals surface area contributed by atoms with Gasteiger partial charge >= 0.3 is 6.03 Å². The highest BCUT2D eigenvalue weighted by atomic mass is 79.9. The summed E-state index contributed by atoms with van der Waals surface area (Å²) >= 11 is 3.27. The summed E-state index contributed by atoms with van der Waals surface area (Å²) in [7, 11) is 1.55. The number of carbonyl (C=O) groups excluding carboxylic acids is 1. The first-order valence-electron chi connectivity index (χ1n) is 3.53. The first-order valence-corrected chi connectivity index (χ1v) is 4.32. The Kier molecular flexibility index (Phi) is 3.13. The predicted octanol–water partition coefficient (Wildman–Crippen LogP) is 1.95. The molecule has 0 saturated carbocycles. The number of anilines is 1. The summed E-state index contributed by atoms with van der Waals surface area (Å²) < 4.78 is 5.81. The SMILES string of the molecule is COc1cc(Br)cc(NC(N)=O)c1. The van der Waals surface area contributed by atoms with Crippen LogP contribution in [0.4, 0.5) is 10.5 Å². The monoisotopic (exact) mass is 244 g/mol. The molecule has 0 saturated heterocycles. The van der Waals surface area contributed by atoms with Gasteiger partial charge in [-0.05, 0) is 12.1 Å². The van der Waals surface area contributed by atoms with Gasteiger partial charge in [-0.15, -0.1) is 0 Å². The van der Waals surface area contributed by atoms with Crippen molar-refractivity contribution in [2.75, 3.05) is 12.4 Å². The molecule has 0 aliphatic carbocycles. The Hall–Kier alpha value is -1.23. The zero-order valence-electron chi connectivity index (χ0n) is 7.00. The Balaban J connectivity index is 2.94. The lowest BCUT2D eigenvalue weighted by molar-refractivity contribution is 0.259. The number of hydrogen-bond donors (Lipinski definition) is 2. The fourth-order valence-electron chi connectivity index (χ4n) is 0.895. The van der Waals surface area contributed by atoms with Crippen molar-refractivity contribution in [1.29, 1.82) is 0 Å². The van der Waals surface area contributed by atoms with E-state index < -0.39 is 6.03 Å². The number of nitrogens with two attached hydrogens (primary N) is 1. The molecule has 3 N–H and O–H groups in total. The van der Waals surface area contributed by atoms with E-state index in [1.165, 1.54) is 0 Å². The Bertz CT molecular complexity index is 328. The minimum absolute atomic E-state index is 0.596. The van der Waals surface area contributed by atoms with Crippen molar-refractivity contribution in [3.63, 3.8) is 0 Å². The maximum atomic E-state index is 10.5. The van der Waals surface area contributed by atoms with Gasteiger partial charge in [0.25, 0.3) is 0 Å². The number of amides is 2. The molecule has 1 rings (SSSR count). The molecule has 70 valence electrons. The van der Waals surface area contributed by atoms with E-state index in [0.717, 1.165) is 4.47 Å². The average Bonchev–Trinajstić information content (AvgIpc) is 2.01. The zero-order valence-corrected chi connectivity index (χ0v) is 8.59. The molecule has 13 heavy (non-hydrogen) atoms. The van der Waals surface area contributed by atoms with Crippen LogP contribution in [0.15, 0.2) is 22.7 Å². The number of benzene rings is 1. The second kappa shape index (κ2) is 4.13. The van der Waals surface area contributed by atoms with E-state index in [2.05, 4.69) is 21.2 Å². The van der Waals surface area contributed by atoms with Crippen molar-refractivity contribution in [2.45, 2.75) is 0 Å². The number of primary amides is 1. The van der Waals surface area contributed by atoms with E-state index in [-0.39, 0.29) is 0 Å². The van der Waals surface area contributed by atoms with Crippen LogP contribution >= 0.6 is 15.9 Å². The normalized spacial score (nSPS) is 9.38. The Morgan fingerprint density at radius 2 is 2.23 bits per heavy atom. The zero-order chi connectivity index (χ0) is 9.84. The van der Waals surface area contributed by atoms with Crippen LogP contribution in [-0.4, -0.2) is 13.1 Å². The topological polar surface area (TPSA) is 64.3 Å². The molecule has 0 aliphatic rings. The maximum Gasteiger partial charge on any atom is 0.316 e. The Morgan fingerprint density at radius 3 is 2.77 bits per heavy atom. The molecule has 0 fully saturated rings. The van der Waals surface area contributed by atoms with E-state index in [4.69, 9.17) is 10.5 Å². The number of nitrogens with one attached hydrogen (secondary N) is 1. The van der Waals surface area contributed by atoms with Crippen LogP contribution in [-0.2, 0) is 0 Å². The standard InChI is InChI=1S/C8H9BrN2O2/c1-13-7-3-5(9)2-6(4-7)11-8(10)12/h2-4H,1H3,(H3,10,11,12). The van der Waals surface area contributed by atoms with Gasteiger partial charge in [-0.1, -0.05) is 15.9 Å². The van der Waals surface area contributed by atoms with Gasteiger partial charge in [-0.25, -0.2) is 4.79 Å². The number of hydrogen-bond acceptors (Lipinski definition) is 2. The minimum atomic E-state index is -0.597. The van der Waals surface area contributed by atoms with E-state index >= 15 is 0 Å². The molecule has 0 aliphatic heterocycles. The van der Waals surface area contributed by atoms with Crippen molar-refractivity contribution < 1.29 is 9.53 Å².